The maximum atomic E-state index is 13.5. The third kappa shape index (κ3) is 4.97. The second kappa shape index (κ2) is 9.53. The maximum absolute atomic E-state index is 13.5. The molecular weight excluding hydrogens is 419 g/mol. The quantitative estimate of drug-likeness (QED) is 0.309. The molecule has 160 valence electrons. The van der Waals surface area contributed by atoms with Crippen molar-refractivity contribution < 1.29 is 23.5 Å². The zero-order chi connectivity index (χ0) is 22.5. The third-order valence-electron chi connectivity index (χ3n) is 4.63. The number of likely N-dealkylation sites (N-methyl/N-ethyl adjacent to an activating group) is 1. The van der Waals surface area contributed by atoms with Gasteiger partial charge in [0.1, 0.15) is 18.0 Å². The lowest BCUT2D eigenvalue weighted by Crippen LogP contribution is -2.52. The van der Waals surface area contributed by atoms with E-state index in [1.54, 1.807) is 30.3 Å². The van der Waals surface area contributed by atoms with Gasteiger partial charge in [0.25, 0.3) is 11.8 Å². The lowest BCUT2D eigenvalue weighted by atomic mass is 10.0. The van der Waals surface area contributed by atoms with Crippen molar-refractivity contribution in [3.8, 4) is 11.5 Å². The smallest absolute Gasteiger partial charge is 0.265 e. The number of methoxy groups -OCH3 is 1. The monoisotopic (exact) mass is 440 g/mol. The first-order valence-electron chi connectivity index (χ1n) is 9.38. The highest BCUT2D eigenvalue weighted by molar-refractivity contribution is 7.80. The van der Waals surface area contributed by atoms with Crippen LogP contribution >= 0.6 is 12.2 Å². The lowest BCUT2D eigenvalue weighted by molar-refractivity contribution is -0.128. The van der Waals surface area contributed by atoms with Gasteiger partial charge in [-0.2, -0.15) is 0 Å². The molecule has 1 aliphatic rings. The highest BCUT2D eigenvalue weighted by atomic mass is 32.1. The number of thiocarbonyl (C=S) groups is 1. The van der Waals surface area contributed by atoms with Gasteiger partial charge < -0.3 is 9.47 Å². The Bertz CT molecular complexity index is 1100. The number of carbonyl (C=O) groups is 2. The van der Waals surface area contributed by atoms with Gasteiger partial charge in [0.15, 0.2) is 16.6 Å². The first-order chi connectivity index (χ1) is 14.8. The number of hydrogen-bond acceptors (Lipinski definition) is 5. The molecule has 3 rings (SSSR count). The molecule has 2 aromatic carbocycles. The van der Waals surface area contributed by atoms with E-state index in [-0.39, 0.29) is 23.1 Å². The number of rotatable bonds is 7. The van der Waals surface area contributed by atoms with Crippen LogP contribution in [-0.4, -0.2) is 36.0 Å². The Morgan fingerprint density at radius 1 is 1.26 bits per heavy atom. The van der Waals surface area contributed by atoms with E-state index in [1.807, 2.05) is 0 Å². The van der Waals surface area contributed by atoms with Gasteiger partial charge in [-0.3, -0.25) is 19.8 Å². The Balaban J connectivity index is 1.97. The molecule has 8 heteroatoms. The van der Waals surface area contributed by atoms with E-state index >= 15 is 0 Å². The van der Waals surface area contributed by atoms with Gasteiger partial charge in [0.05, 0.1) is 7.11 Å². The Hall–Kier alpha value is -3.52. The van der Waals surface area contributed by atoms with Crippen LogP contribution in [0.2, 0.25) is 0 Å². The lowest BCUT2D eigenvalue weighted by Gasteiger charge is -2.25. The molecule has 1 N–H and O–H groups in total. The number of ether oxygens (including phenoxy) is 2. The molecule has 1 heterocycles. The molecule has 6 nitrogen and oxygen atoms in total. The van der Waals surface area contributed by atoms with E-state index in [2.05, 4.69) is 11.9 Å². The molecule has 0 bridgehead atoms. The highest BCUT2D eigenvalue weighted by Crippen LogP contribution is 2.35. The van der Waals surface area contributed by atoms with Crippen molar-refractivity contribution in [1.82, 2.24) is 10.2 Å². The summed E-state index contributed by atoms with van der Waals surface area (Å²) < 4.78 is 24.9. The van der Waals surface area contributed by atoms with Gasteiger partial charge in [-0.25, -0.2) is 4.39 Å². The number of nitrogens with zero attached hydrogens (tertiary/aromatic N) is 1. The first kappa shape index (κ1) is 22.2. The first-order valence-corrected chi connectivity index (χ1v) is 9.79. The summed E-state index contributed by atoms with van der Waals surface area (Å²) in [5.74, 6) is -0.518. The van der Waals surface area contributed by atoms with Crippen molar-refractivity contribution in [2.45, 2.75) is 13.0 Å². The number of halogens is 1. The third-order valence-corrected chi connectivity index (χ3v) is 5.00. The van der Waals surface area contributed by atoms with E-state index in [0.29, 0.717) is 29.0 Å². The molecule has 1 fully saturated rings. The van der Waals surface area contributed by atoms with Crippen LogP contribution in [0.3, 0.4) is 0 Å². The Kier molecular flexibility index (Phi) is 6.81. The normalized spacial score (nSPS) is 15.1. The molecule has 0 spiro atoms. The summed E-state index contributed by atoms with van der Waals surface area (Å²) in [5, 5.41) is 2.53. The molecule has 31 heavy (non-hydrogen) atoms. The van der Waals surface area contributed by atoms with Crippen molar-refractivity contribution in [2.24, 2.45) is 0 Å². The van der Waals surface area contributed by atoms with E-state index in [9.17, 15) is 14.0 Å². The molecule has 0 atom stereocenters. The summed E-state index contributed by atoms with van der Waals surface area (Å²) in [5.41, 5.74) is 1.94. The average molecular weight is 440 g/mol. The minimum atomic E-state index is -0.566. The number of allylic oxidation sites excluding steroid dienone is 1. The number of hydrogen-bond donors (Lipinski definition) is 1. The van der Waals surface area contributed by atoms with Crippen molar-refractivity contribution in [1.29, 1.82) is 0 Å². The van der Waals surface area contributed by atoms with Crippen LogP contribution in [-0.2, 0) is 22.6 Å². The minimum Gasteiger partial charge on any atom is -0.493 e. The fraction of sp³-hybridized carbons (Fsp3) is 0.174. The molecule has 0 radical (unpaired) electrons. The van der Waals surface area contributed by atoms with E-state index in [4.69, 9.17) is 21.7 Å². The van der Waals surface area contributed by atoms with Crippen LogP contribution in [0, 0.1) is 5.82 Å². The molecule has 2 amide bonds. The molecule has 0 aromatic heterocycles. The van der Waals surface area contributed by atoms with Crippen molar-refractivity contribution >= 4 is 35.2 Å². The second-order valence-electron chi connectivity index (χ2n) is 6.80. The number of nitrogens with one attached hydrogen (secondary N) is 1. The van der Waals surface area contributed by atoms with E-state index < -0.39 is 11.8 Å². The van der Waals surface area contributed by atoms with Gasteiger partial charge >= 0.3 is 0 Å². The minimum absolute atomic E-state index is 0.0452. The molecule has 0 unspecified atom stereocenters. The van der Waals surface area contributed by atoms with Gasteiger partial charge in [-0.1, -0.05) is 18.2 Å². The van der Waals surface area contributed by atoms with Crippen LogP contribution in [0.1, 0.15) is 16.7 Å². The Morgan fingerprint density at radius 2 is 2.03 bits per heavy atom. The van der Waals surface area contributed by atoms with Crippen molar-refractivity contribution in [3.05, 3.63) is 77.1 Å². The van der Waals surface area contributed by atoms with Crippen LogP contribution in [0.5, 0.6) is 11.5 Å². The average Bonchev–Trinajstić information content (AvgIpc) is 2.74. The van der Waals surface area contributed by atoms with Crippen molar-refractivity contribution in [3.63, 3.8) is 0 Å². The van der Waals surface area contributed by atoms with Gasteiger partial charge in [-0.15, -0.1) is 6.58 Å². The van der Waals surface area contributed by atoms with Crippen LogP contribution in [0.15, 0.2) is 54.6 Å². The molecule has 1 saturated heterocycles. The van der Waals surface area contributed by atoms with E-state index in [0.717, 1.165) is 5.56 Å². The fourth-order valence-electron chi connectivity index (χ4n) is 3.08. The topological polar surface area (TPSA) is 67.9 Å². The van der Waals surface area contributed by atoms with Gasteiger partial charge in [0, 0.05) is 12.6 Å². The predicted molar refractivity (Wildman–Crippen MR) is 119 cm³/mol. The van der Waals surface area contributed by atoms with Gasteiger partial charge in [0.2, 0.25) is 0 Å². The summed E-state index contributed by atoms with van der Waals surface area (Å²) in [7, 11) is 2.98. The van der Waals surface area contributed by atoms with Crippen LogP contribution in [0.4, 0.5) is 4.39 Å². The zero-order valence-electron chi connectivity index (χ0n) is 17.1. The maximum Gasteiger partial charge on any atom is 0.265 e. The summed E-state index contributed by atoms with van der Waals surface area (Å²) in [6.07, 6.45) is 3.63. The number of carbonyl (C=O) groups excluding carboxylic acids is 2. The van der Waals surface area contributed by atoms with E-state index in [1.165, 1.54) is 37.3 Å². The summed E-state index contributed by atoms with van der Waals surface area (Å²) in [6.45, 7) is 3.91. The van der Waals surface area contributed by atoms with Crippen molar-refractivity contribution in [2.75, 3.05) is 14.2 Å². The Labute approximate surface area is 185 Å². The highest BCUT2D eigenvalue weighted by Gasteiger charge is 2.30. The molecule has 1 aliphatic heterocycles. The SMILES string of the molecule is C=CCc1cc(/C=C2\C(=O)NC(=S)N(C)C2=O)cc(OC)c1OCc1cccc(F)c1. The molecule has 0 saturated carbocycles. The summed E-state index contributed by atoms with van der Waals surface area (Å²) in [4.78, 5) is 25.9. The summed E-state index contributed by atoms with van der Waals surface area (Å²) in [6, 6.07) is 9.57. The summed E-state index contributed by atoms with van der Waals surface area (Å²) >= 11 is 4.96. The van der Waals surface area contributed by atoms with Gasteiger partial charge in [-0.05, 0) is 60.1 Å². The number of benzene rings is 2. The van der Waals surface area contributed by atoms with Crippen LogP contribution < -0.4 is 14.8 Å². The Morgan fingerprint density at radius 3 is 2.71 bits per heavy atom. The molecule has 2 aromatic rings. The second-order valence-corrected chi connectivity index (χ2v) is 7.19. The molecular formula is C23H21FN2O4S. The van der Waals surface area contributed by atoms with Crippen LogP contribution in [0.25, 0.3) is 6.08 Å². The largest absolute Gasteiger partial charge is 0.493 e. The standard InChI is InChI=1S/C23H21FN2O4S/c1-4-6-16-9-15(11-18-21(27)25-23(31)26(2)22(18)28)12-19(29-3)20(16)30-13-14-7-5-8-17(24)10-14/h4-5,7-12H,1,6,13H2,2-3H3,(H,25,27,31)/b18-11+. The predicted octanol–water partition coefficient (Wildman–Crippen LogP) is 3.40. The molecule has 0 aliphatic carbocycles. The fourth-order valence-corrected chi connectivity index (χ4v) is 3.26. The zero-order valence-corrected chi connectivity index (χ0v) is 17.9. The number of amides is 2.